The molecule has 0 aliphatic carbocycles. The number of amides is 5. The average molecular weight is 961 g/mol. The van der Waals surface area contributed by atoms with Gasteiger partial charge in [-0.1, -0.05) is 67.4 Å². The van der Waals surface area contributed by atoms with Gasteiger partial charge in [0.25, 0.3) is 5.69 Å². The first-order chi connectivity index (χ1) is 31.6. The Morgan fingerprint density at radius 2 is 1.32 bits per heavy atom. The smallest absolute Gasteiger partial charge is 0.415 e. The van der Waals surface area contributed by atoms with Crippen molar-refractivity contribution in [3.63, 3.8) is 0 Å². The van der Waals surface area contributed by atoms with E-state index in [1.54, 1.807) is 12.1 Å². The summed E-state index contributed by atoms with van der Waals surface area (Å²) in [5, 5.41) is 18.7. The molecule has 2 aliphatic rings. The minimum absolute atomic E-state index is 0.00556. The highest BCUT2D eigenvalue weighted by molar-refractivity contribution is 6.31. The molecule has 4 aromatic carbocycles. The van der Waals surface area contributed by atoms with Gasteiger partial charge in [0.05, 0.1) is 39.4 Å². The molecule has 0 spiro atoms. The first-order valence-corrected chi connectivity index (χ1v) is 21.5. The van der Waals surface area contributed by atoms with Gasteiger partial charge in [-0.3, -0.25) is 19.7 Å². The fraction of sp³-hybridized carbons (Fsp3) is 0.341. The van der Waals surface area contributed by atoms with Gasteiger partial charge in [-0.05, 0) is 60.5 Å². The quantitative estimate of drug-likeness (QED) is 0.0790. The molecule has 0 radical (unpaired) electrons. The zero-order valence-electron chi connectivity index (χ0n) is 36.1. The van der Waals surface area contributed by atoms with E-state index in [-0.39, 0.29) is 84.9 Å². The lowest BCUT2D eigenvalue weighted by Crippen LogP contribution is -2.69. The van der Waals surface area contributed by atoms with Crippen LogP contribution in [0.5, 0.6) is 5.75 Å². The Hall–Kier alpha value is -6.61. The monoisotopic (exact) mass is 959 g/mol. The zero-order chi connectivity index (χ0) is 48.3. The second kappa shape index (κ2) is 25.8. The number of nitro groups is 1. The molecule has 6 rings (SSSR count). The molecule has 0 aromatic heterocycles. The number of carbonyl (C=O) groups excluding carboxylic acids is 5. The van der Waals surface area contributed by atoms with Gasteiger partial charge < -0.3 is 51.4 Å². The number of benzene rings is 4. The van der Waals surface area contributed by atoms with Gasteiger partial charge in [0, 0.05) is 56.1 Å². The van der Waals surface area contributed by atoms with Crippen LogP contribution in [0.15, 0.2) is 91.0 Å². The van der Waals surface area contributed by atoms with Crippen LogP contribution < -0.4 is 32.2 Å². The third kappa shape index (κ3) is 16.1. The third-order valence-electron chi connectivity index (χ3n) is 9.75. The van der Waals surface area contributed by atoms with Gasteiger partial charge in [0.1, 0.15) is 36.6 Å². The van der Waals surface area contributed by atoms with Crippen molar-refractivity contribution in [2.75, 3.05) is 50.0 Å². The summed E-state index contributed by atoms with van der Waals surface area (Å²) in [5.74, 6) is -3.34. The fourth-order valence-corrected chi connectivity index (χ4v) is 6.93. The van der Waals surface area contributed by atoms with E-state index in [1.807, 2.05) is 32.0 Å². The van der Waals surface area contributed by atoms with Crippen LogP contribution in [0.2, 0.25) is 10.0 Å². The van der Waals surface area contributed by atoms with Crippen molar-refractivity contribution >= 4 is 70.4 Å². The first-order valence-electron chi connectivity index (χ1n) is 20.7. The Labute approximate surface area is 388 Å². The maximum absolute atomic E-state index is 13.9. The molecule has 0 bridgehead atoms. The SMILES string of the molecule is CC.NCCOC(=O)N1C[C@H]([NH3+])C[C@H](C(=O)Nc2ccc(Cl)c(F)c2)C1.O=C(N[C@@H]1C[C@H](C(=O)Nc2ccc(Cl)c(F)c2)CN(C(=O)Oc2ccc([N+](=O)[O-])cc2)C1)OCc1ccccc1. The van der Waals surface area contributed by atoms with Crippen LogP contribution in [0.1, 0.15) is 32.3 Å². The number of likely N-dealkylation sites (tertiary alicyclic amines) is 2. The molecule has 8 N–H and O–H groups in total. The minimum Gasteiger partial charge on any atom is -0.448 e. The second-order valence-corrected chi connectivity index (χ2v) is 15.5. The van der Waals surface area contributed by atoms with Crippen molar-refractivity contribution < 1.29 is 57.6 Å². The minimum atomic E-state index is -0.826. The highest BCUT2D eigenvalue weighted by Gasteiger charge is 2.37. The Kier molecular flexibility index (Phi) is 20.3. The molecule has 0 unspecified atom stereocenters. The van der Waals surface area contributed by atoms with Crippen molar-refractivity contribution in [1.29, 1.82) is 0 Å². The molecule has 2 heterocycles. The number of carbonyl (C=O) groups is 5. The van der Waals surface area contributed by atoms with Crippen LogP contribution in [0.3, 0.4) is 0 Å². The number of halogens is 4. The predicted molar refractivity (Wildman–Crippen MR) is 241 cm³/mol. The fourth-order valence-electron chi connectivity index (χ4n) is 6.69. The van der Waals surface area contributed by atoms with E-state index in [0.717, 1.165) is 17.7 Å². The number of nitrogens with one attached hydrogen (secondary N) is 3. The zero-order valence-corrected chi connectivity index (χ0v) is 37.6. The van der Waals surface area contributed by atoms with Crippen LogP contribution >= 0.6 is 23.2 Å². The van der Waals surface area contributed by atoms with Crippen molar-refractivity contribution in [3.05, 3.63) is 128 Å². The molecule has 2 aliphatic heterocycles. The van der Waals surface area contributed by atoms with Gasteiger partial charge in [0.2, 0.25) is 11.8 Å². The highest BCUT2D eigenvalue weighted by Crippen LogP contribution is 2.25. The summed E-state index contributed by atoms with van der Waals surface area (Å²) in [6.45, 7) is 4.96. The number of nitrogens with zero attached hydrogens (tertiary/aromatic N) is 3. The summed E-state index contributed by atoms with van der Waals surface area (Å²) in [6, 6.07) is 21.0. The summed E-state index contributed by atoms with van der Waals surface area (Å²) < 4.78 is 42.9. The number of non-ortho nitro benzene ring substituents is 1. The molecule has 4 aromatic rings. The van der Waals surface area contributed by atoms with Crippen LogP contribution in [0.25, 0.3) is 0 Å². The van der Waals surface area contributed by atoms with Crippen LogP contribution in [-0.4, -0.2) is 96.2 Å². The number of nitro benzene ring substituents is 1. The molecular weight excluding hydrogens is 909 g/mol. The van der Waals surface area contributed by atoms with Gasteiger partial charge >= 0.3 is 18.3 Å². The van der Waals surface area contributed by atoms with Gasteiger partial charge in [0.15, 0.2) is 0 Å². The maximum Gasteiger partial charge on any atom is 0.415 e. The maximum atomic E-state index is 13.9. The number of quaternary nitrogens is 1. The first kappa shape index (κ1) is 52.0. The molecule has 22 heteroatoms. The van der Waals surface area contributed by atoms with Gasteiger partial charge in [-0.25, -0.2) is 23.2 Å². The lowest BCUT2D eigenvalue weighted by atomic mass is 9.93. The molecule has 66 heavy (non-hydrogen) atoms. The normalized spacial score (nSPS) is 17.6. The summed E-state index contributed by atoms with van der Waals surface area (Å²) in [4.78, 5) is 75.9. The third-order valence-corrected chi connectivity index (χ3v) is 10.4. The number of nitrogens with two attached hydrogens (primary N) is 1. The number of piperidine rings is 2. The number of ether oxygens (including phenoxy) is 3. The van der Waals surface area contributed by atoms with Crippen molar-refractivity contribution in [1.82, 2.24) is 15.1 Å². The van der Waals surface area contributed by atoms with Crippen molar-refractivity contribution in [2.45, 2.75) is 45.4 Å². The summed E-state index contributed by atoms with van der Waals surface area (Å²) in [5.41, 5.74) is 10.3. The van der Waals surface area contributed by atoms with Crippen molar-refractivity contribution in [3.8, 4) is 5.75 Å². The van der Waals surface area contributed by atoms with Gasteiger partial charge in [-0.2, -0.15) is 0 Å². The molecule has 2 saturated heterocycles. The van der Waals surface area contributed by atoms with E-state index in [9.17, 15) is 42.9 Å². The number of alkyl carbamates (subject to hydrolysis) is 1. The summed E-state index contributed by atoms with van der Waals surface area (Å²) in [6.07, 6.45) is -1.39. The average Bonchev–Trinajstić information content (AvgIpc) is 3.31. The Morgan fingerprint density at radius 1 is 0.773 bits per heavy atom. The summed E-state index contributed by atoms with van der Waals surface area (Å²) >= 11 is 11.3. The lowest BCUT2D eigenvalue weighted by molar-refractivity contribution is -0.427. The molecular formula is C44H51Cl2F2N8O10+. The van der Waals surface area contributed by atoms with E-state index in [0.29, 0.717) is 18.7 Å². The lowest BCUT2D eigenvalue weighted by Gasteiger charge is -2.36. The molecule has 2 fully saturated rings. The second-order valence-electron chi connectivity index (χ2n) is 14.7. The van der Waals surface area contributed by atoms with Crippen LogP contribution in [-0.2, 0) is 25.7 Å². The van der Waals surface area contributed by atoms with Crippen LogP contribution in [0, 0.1) is 33.6 Å². The molecule has 5 amide bonds. The number of hydrogen-bond donors (Lipinski definition) is 5. The Bertz CT molecular complexity index is 2300. The number of anilines is 2. The topological polar surface area (TPSA) is 252 Å². The number of rotatable bonds is 11. The Morgan fingerprint density at radius 3 is 1.85 bits per heavy atom. The Balaban J connectivity index is 0.000000313. The van der Waals surface area contributed by atoms with Crippen LogP contribution in [0.4, 0.5) is 40.2 Å². The van der Waals surface area contributed by atoms with Gasteiger partial charge in [-0.15, -0.1) is 0 Å². The van der Waals surface area contributed by atoms with E-state index in [4.69, 9.17) is 43.1 Å². The molecule has 4 atom stereocenters. The molecule has 18 nitrogen and oxygen atoms in total. The molecule has 0 saturated carbocycles. The van der Waals surface area contributed by atoms with E-state index >= 15 is 0 Å². The largest absolute Gasteiger partial charge is 0.448 e. The van der Waals surface area contributed by atoms with E-state index in [2.05, 4.69) is 21.7 Å². The highest BCUT2D eigenvalue weighted by atomic mass is 35.5. The standard InChI is InChI=1S/C27H24ClFN4O7.C15H20ClFN4O3.C2H6/c28-23-11-6-19(13-24(23)29)30-25(34)18-12-20(31-26(35)39-16-17-4-2-1-3-5-17)15-32(14-18)27(36)40-22-9-7-21(8-10-22)33(37)38;16-12-2-1-11(6-13(12)17)20-14(22)9-5-10(19)8-21(7-9)15(23)24-4-3-18;1-2/h1-11,13,18,20H,12,14-16H2,(H,30,34)(H,31,35);1-2,6,9-10H,3-5,7-8,18-19H2,(H,20,22);1-2H3/p+1/t18-,20+;9-,10+;/m00./s1. The predicted octanol–water partition coefficient (Wildman–Crippen LogP) is 6.61. The summed E-state index contributed by atoms with van der Waals surface area (Å²) in [7, 11) is 0. The number of hydrogen-bond acceptors (Lipinski definition) is 11. The molecule has 354 valence electrons. The van der Waals surface area contributed by atoms with E-state index in [1.165, 1.54) is 58.3 Å². The van der Waals surface area contributed by atoms with Crippen molar-refractivity contribution in [2.24, 2.45) is 17.6 Å². The van der Waals surface area contributed by atoms with E-state index < -0.39 is 58.6 Å².